The van der Waals surface area contributed by atoms with E-state index in [2.05, 4.69) is 29.2 Å². The van der Waals surface area contributed by atoms with Gasteiger partial charge in [0.15, 0.2) is 0 Å². The Kier molecular flexibility index (Phi) is 3.26. The SMILES string of the molecule is NCC1CC(OCc2ccc3ncccc3c2)C1. The molecule has 0 unspecified atom stereocenters. The first-order valence-electron chi connectivity index (χ1n) is 6.50. The molecule has 3 heteroatoms. The molecule has 0 saturated heterocycles. The zero-order chi connectivity index (χ0) is 12.4. The predicted octanol–water partition coefficient (Wildman–Crippen LogP) is 2.49. The Bertz CT molecular complexity index is 535. The van der Waals surface area contributed by atoms with Crippen LogP contribution in [0.4, 0.5) is 0 Å². The van der Waals surface area contributed by atoms with Gasteiger partial charge in [-0.15, -0.1) is 0 Å². The fraction of sp³-hybridized carbons (Fsp3) is 0.400. The molecular weight excluding hydrogens is 224 g/mol. The van der Waals surface area contributed by atoms with Crippen molar-refractivity contribution < 1.29 is 4.74 Å². The molecule has 2 aromatic rings. The van der Waals surface area contributed by atoms with Crippen molar-refractivity contribution in [2.75, 3.05) is 6.54 Å². The molecule has 1 aliphatic carbocycles. The molecule has 1 aliphatic rings. The predicted molar refractivity (Wildman–Crippen MR) is 72.1 cm³/mol. The summed E-state index contributed by atoms with van der Waals surface area (Å²) in [5, 5.41) is 1.17. The summed E-state index contributed by atoms with van der Waals surface area (Å²) in [6.45, 7) is 1.48. The third kappa shape index (κ3) is 2.37. The molecular formula is C15H18N2O. The van der Waals surface area contributed by atoms with Crippen LogP contribution in [0.2, 0.25) is 0 Å². The second-order valence-corrected chi connectivity index (χ2v) is 5.04. The minimum Gasteiger partial charge on any atom is -0.374 e. The Morgan fingerprint density at radius 3 is 3.00 bits per heavy atom. The van der Waals surface area contributed by atoms with Crippen LogP contribution in [0.5, 0.6) is 0 Å². The number of aromatic nitrogens is 1. The fourth-order valence-corrected chi connectivity index (χ4v) is 2.43. The Balaban J connectivity index is 1.61. The van der Waals surface area contributed by atoms with Gasteiger partial charge < -0.3 is 10.5 Å². The summed E-state index contributed by atoms with van der Waals surface area (Å²) in [5.41, 5.74) is 7.85. The average Bonchev–Trinajstić information content (AvgIpc) is 2.37. The van der Waals surface area contributed by atoms with E-state index < -0.39 is 0 Å². The number of pyridine rings is 1. The summed E-state index contributed by atoms with van der Waals surface area (Å²) in [5.74, 6) is 0.677. The van der Waals surface area contributed by atoms with Gasteiger partial charge in [-0.25, -0.2) is 0 Å². The summed E-state index contributed by atoms with van der Waals surface area (Å²) in [7, 11) is 0. The molecule has 1 fully saturated rings. The second kappa shape index (κ2) is 5.04. The van der Waals surface area contributed by atoms with Gasteiger partial charge in [-0.3, -0.25) is 4.98 Å². The van der Waals surface area contributed by atoms with Crippen molar-refractivity contribution in [3.63, 3.8) is 0 Å². The van der Waals surface area contributed by atoms with Crippen LogP contribution in [0.1, 0.15) is 18.4 Å². The monoisotopic (exact) mass is 242 g/mol. The van der Waals surface area contributed by atoms with E-state index in [0.29, 0.717) is 18.6 Å². The van der Waals surface area contributed by atoms with Gasteiger partial charge in [-0.2, -0.15) is 0 Å². The molecule has 2 N–H and O–H groups in total. The van der Waals surface area contributed by atoms with Gasteiger partial charge >= 0.3 is 0 Å². The van der Waals surface area contributed by atoms with E-state index in [1.807, 2.05) is 12.3 Å². The Labute approximate surface area is 107 Å². The van der Waals surface area contributed by atoms with Crippen LogP contribution in [-0.4, -0.2) is 17.6 Å². The van der Waals surface area contributed by atoms with Crippen LogP contribution < -0.4 is 5.73 Å². The van der Waals surface area contributed by atoms with Crippen LogP contribution >= 0.6 is 0 Å². The van der Waals surface area contributed by atoms with E-state index in [1.165, 1.54) is 10.9 Å². The van der Waals surface area contributed by atoms with Crippen molar-refractivity contribution in [2.45, 2.75) is 25.6 Å². The molecule has 0 radical (unpaired) electrons. The maximum atomic E-state index is 5.87. The molecule has 1 aromatic heterocycles. The van der Waals surface area contributed by atoms with Crippen LogP contribution in [0.25, 0.3) is 10.9 Å². The van der Waals surface area contributed by atoms with Gasteiger partial charge in [0.1, 0.15) is 0 Å². The van der Waals surface area contributed by atoms with Crippen molar-refractivity contribution in [1.29, 1.82) is 0 Å². The van der Waals surface area contributed by atoms with Gasteiger partial charge in [0.25, 0.3) is 0 Å². The number of hydrogen-bond donors (Lipinski definition) is 1. The molecule has 18 heavy (non-hydrogen) atoms. The van der Waals surface area contributed by atoms with E-state index in [0.717, 1.165) is 24.9 Å². The Morgan fingerprint density at radius 2 is 2.17 bits per heavy atom. The first-order valence-corrected chi connectivity index (χ1v) is 6.50. The van der Waals surface area contributed by atoms with Crippen molar-refractivity contribution in [3.05, 3.63) is 42.1 Å². The number of hydrogen-bond acceptors (Lipinski definition) is 3. The lowest BCUT2D eigenvalue weighted by Crippen LogP contribution is -2.35. The van der Waals surface area contributed by atoms with Crippen LogP contribution in [0.3, 0.4) is 0 Å². The topological polar surface area (TPSA) is 48.1 Å². The quantitative estimate of drug-likeness (QED) is 0.896. The number of rotatable bonds is 4. The lowest BCUT2D eigenvalue weighted by molar-refractivity contribution is -0.0375. The van der Waals surface area contributed by atoms with Gasteiger partial charge in [-0.05, 0) is 49.1 Å². The molecule has 0 spiro atoms. The standard InChI is InChI=1S/C15H18N2O/c16-9-12-7-14(8-12)18-10-11-3-4-15-13(6-11)2-1-5-17-15/h1-6,12,14H,7-10,16H2. The molecule has 0 bridgehead atoms. The van der Waals surface area contributed by atoms with Gasteiger partial charge in [0.2, 0.25) is 0 Å². The molecule has 1 aromatic carbocycles. The third-order valence-corrected chi connectivity index (χ3v) is 3.68. The van der Waals surface area contributed by atoms with E-state index in [-0.39, 0.29) is 0 Å². The highest BCUT2D eigenvalue weighted by Crippen LogP contribution is 2.29. The summed E-state index contributed by atoms with van der Waals surface area (Å²) >= 11 is 0. The molecule has 3 rings (SSSR count). The number of benzene rings is 1. The maximum absolute atomic E-state index is 5.87. The van der Waals surface area contributed by atoms with Crippen molar-refractivity contribution in [3.8, 4) is 0 Å². The first-order chi connectivity index (χ1) is 8.85. The lowest BCUT2D eigenvalue weighted by atomic mass is 9.82. The lowest BCUT2D eigenvalue weighted by Gasteiger charge is -2.34. The molecule has 1 heterocycles. The van der Waals surface area contributed by atoms with Gasteiger partial charge in [0.05, 0.1) is 18.2 Å². The normalized spacial score (nSPS) is 22.9. The smallest absolute Gasteiger partial charge is 0.0720 e. The highest BCUT2D eigenvalue weighted by atomic mass is 16.5. The van der Waals surface area contributed by atoms with Gasteiger partial charge in [0, 0.05) is 11.6 Å². The fourth-order valence-electron chi connectivity index (χ4n) is 2.43. The molecule has 3 nitrogen and oxygen atoms in total. The second-order valence-electron chi connectivity index (χ2n) is 5.04. The Morgan fingerprint density at radius 1 is 1.28 bits per heavy atom. The maximum Gasteiger partial charge on any atom is 0.0720 e. The van der Waals surface area contributed by atoms with E-state index in [9.17, 15) is 0 Å². The summed E-state index contributed by atoms with van der Waals surface area (Å²) < 4.78 is 5.87. The minimum absolute atomic E-state index is 0.406. The average molecular weight is 242 g/mol. The van der Waals surface area contributed by atoms with Crippen molar-refractivity contribution in [1.82, 2.24) is 4.98 Å². The minimum atomic E-state index is 0.406. The molecule has 0 atom stereocenters. The largest absolute Gasteiger partial charge is 0.374 e. The zero-order valence-electron chi connectivity index (χ0n) is 10.4. The first kappa shape index (κ1) is 11.6. The Hall–Kier alpha value is -1.45. The number of fused-ring (bicyclic) bond motifs is 1. The summed E-state index contributed by atoms with van der Waals surface area (Å²) in [6.07, 6.45) is 4.46. The molecule has 1 saturated carbocycles. The number of nitrogens with zero attached hydrogens (tertiary/aromatic N) is 1. The number of ether oxygens (including phenoxy) is 1. The zero-order valence-corrected chi connectivity index (χ0v) is 10.4. The van der Waals surface area contributed by atoms with Crippen molar-refractivity contribution in [2.24, 2.45) is 11.7 Å². The summed E-state index contributed by atoms with van der Waals surface area (Å²) in [6, 6.07) is 10.3. The molecule has 94 valence electrons. The highest BCUT2D eigenvalue weighted by Gasteiger charge is 2.28. The molecule has 0 aliphatic heterocycles. The van der Waals surface area contributed by atoms with Crippen LogP contribution in [0.15, 0.2) is 36.5 Å². The van der Waals surface area contributed by atoms with E-state index in [4.69, 9.17) is 10.5 Å². The summed E-state index contributed by atoms with van der Waals surface area (Å²) in [4.78, 5) is 4.31. The van der Waals surface area contributed by atoms with Crippen molar-refractivity contribution >= 4 is 10.9 Å². The number of nitrogens with two attached hydrogens (primary N) is 1. The van der Waals surface area contributed by atoms with E-state index in [1.54, 1.807) is 0 Å². The van der Waals surface area contributed by atoms with Crippen LogP contribution in [-0.2, 0) is 11.3 Å². The van der Waals surface area contributed by atoms with E-state index >= 15 is 0 Å². The van der Waals surface area contributed by atoms with Gasteiger partial charge in [-0.1, -0.05) is 12.1 Å². The van der Waals surface area contributed by atoms with Crippen LogP contribution in [0, 0.1) is 5.92 Å². The third-order valence-electron chi connectivity index (χ3n) is 3.68. The molecule has 0 amide bonds. The highest BCUT2D eigenvalue weighted by molar-refractivity contribution is 5.78.